The SMILES string of the molecule is CN1N=C2C(=Cc3ccccc3)CN(C(N)=O)CC2C1c1ccccc1. The van der Waals surface area contributed by atoms with Crippen LogP contribution in [0.5, 0.6) is 0 Å². The van der Waals surface area contributed by atoms with Crippen molar-refractivity contribution in [3.8, 4) is 0 Å². The number of benzene rings is 2. The van der Waals surface area contributed by atoms with Crippen LogP contribution in [0, 0.1) is 5.92 Å². The van der Waals surface area contributed by atoms with E-state index in [-0.39, 0.29) is 18.0 Å². The number of fused-ring (bicyclic) bond motifs is 1. The lowest BCUT2D eigenvalue weighted by Gasteiger charge is -2.35. The second-order valence-corrected chi connectivity index (χ2v) is 6.82. The summed E-state index contributed by atoms with van der Waals surface area (Å²) in [6.07, 6.45) is 2.11. The minimum atomic E-state index is -0.385. The van der Waals surface area contributed by atoms with Gasteiger partial charge in [0.05, 0.1) is 11.8 Å². The van der Waals surface area contributed by atoms with Gasteiger partial charge >= 0.3 is 6.03 Å². The van der Waals surface area contributed by atoms with Gasteiger partial charge in [0.15, 0.2) is 0 Å². The molecule has 2 aliphatic rings. The molecule has 5 heteroatoms. The van der Waals surface area contributed by atoms with Gasteiger partial charge in [-0.25, -0.2) is 4.79 Å². The molecule has 2 heterocycles. The zero-order valence-electron chi connectivity index (χ0n) is 14.7. The first-order valence-electron chi connectivity index (χ1n) is 8.80. The summed E-state index contributed by atoms with van der Waals surface area (Å²) < 4.78 is 0. The highest BCUT2D eigenvalue weighted by molar-refractivity contribution is 6.08. The monoisotopic (exact) mass is 346 g/mol. The molecule has 0 saturated carbocycles. The number of hydrogen-bond donors (Lipinski definition) is 1. The third-order valence-corrected chi connectivity index (χ3v) is 5.10. The number of primary amides is 1. The summed E-state index contributed by atoms with van der Waals surface area (Å²) >= 11 is 0. The van der Waals surface area contributed by atoms with Crippen LogP contribution < -0.4 is 5.73 Å². The van der Waals surface area contributed by atoms with E-state index in [1.54, 1.807) is 4.90 Å². The third kappa shape index (κ3) is 2.96. The molecular formula is C21H22N4O. The molecule has 1 saturated heterocycles. The number of carbonyl (C=O) groups excluding carboxylic acids is 1. The Hall–Kier alpha value is -3.08. The number of carbonyl (C=O) groups is 1. The summed E-state index contributed by atoms with van der Waals surface area (Å²) in [5.41, 5.74) is 10.0. The first-order valence-corrected chi connectivity index (χ1v) is 8.80. The number of urea groups is 1. The molecule has 2 amide bonds. The third-order valence-electron chi connectivity index (χ3n) is 5.10. The molecule has 5 nitrogen and oxygen atoms in total. The van der Waals surface area contributed by atoms with Crippen molar-refractivity contribution in [3.63, 3.8) is 0 Å². The van der Waals surface area contributed by atoms with Gasteiger partial charge in [0.25, 0.3) is 0 Å². The summed E-state index contributed by atoms with van der Waals surface area (Å²) in [5, 5.41) is 6.86. The number of likely N-dealkylation sites (tertiary alicyclic amines) is 1. The van der Waals surface area contributed by atoms with Crippen LogP contribution in [0.4, 0.5) is 4.79 Å². The second kappa shape index (κ2) is 6.67. The molecule has 132 valence electrons. The molecule has 2 aliphatic heterocycles. The lowest BCUT2D eigenvalue weighted by molar-refractivity contribution is 0.186. The van der Waals surface area contributed by atoms with Crippen molar-refractivity contribution in [1.29, 1.82) is 0 Å². The van der Waals surface area contributed by atoms with Crippen molar-refractivity contribution in [2.75, 3.05) is 20.1 Å². The fourth-order valence-corrected chi connectivity index (χ4v) is 3.93. The zero-order chi connectivity index (χ0) is 18.1. The van der Waals surface area contributed by atoms with Gasteiger partial charge in [-0.2, -0.15) is 5.10 Å². The predicted octanol–water partition coefficient (Wildman–Crippen LogP) is 3.12. The maximum atomic E-state index is 11.9. The topological polar surface area (TPSA) is 61.9 Å². The number of amides is 2. The molecule has 2 atom stereocenters. The molecule has 0 aliphatic carbocycles. The van der Waals surface area contributed by atoms with Gasteiger partial charge in [0, 0.05) is 26.1 Å². The Kier molecular flexibility index (Phi) is 4.21. The van der Waals surface area contributed by atoms with Crippen molar-refractivity contribution in [2.45, 2.75) is 6.04 Å². The van der Waals surface area contributed by atoms with Crippen LogP contribution in [0.15, 0.2) is 71.3 Å². The minimum Gasteiger partial charge on any atom is -0.351 e. The maximum absolute atomic E-state index is 11.9. The van der Waals surface area contributed by atoms with E-state index in [1.807, 2.05) is 48.5 Å². The highest BCUT2D eigenvalue weighted by Crippen LogP contribution is 2.39. The summed E-state index contributed by atoms with van der Waals surface area (Å²) in [5.74, 6) is 0.110. The van der Waals surface area contributed by atoms with E-state index in [0.717, 1.165) is 16.8 Å². The van der Waals surface area contributed by atoms with E-state index >= 15 is 0 Å². The second-order valence-electron chi connectivity index (χ2n) is 6.82. The quantitative estimate of drug-likeness (QED) is 0.908. The van der Waals surface area contributed by atoms with Crippen LogP contribution in [0.2, 0.25) is 0 Å². The fourth-order valence-electron chi connectivity index (χ4n) is 3.93. The largest absolute Gasteiger partial charge is 0.351 e. The fraction of sp³-hybridized carbons (Fsp3) is 0.238. The number of hydrogen-bond acceptors (Lipinski definition) is 3. The van der Waals surface area contributed by atoms with Crippen LogP contribution in [0.25, 0.3) is 6.08 Å². The van der Waals surface area contributed by atoms with Crippen molar-refractivity contribution >= 4 is 17.8 Å². The van der Waals surface area contributed by atoms with E-state index in [4.69, 9.17) is 10.8 Å². The normalized spacial score (nSPS) is 23.7. The number of nitrogens with two attached hydrogens (primary N) is 1. The summed E-state index contributed by atoms with van der Waals surface area (Å²) in [6.45, 7) is 1.08. The highest BCUT2D eigenvalue weighted by Gasteiger charge is 2.42. The Bertz CT molecular complexity index is 860. The molecule has 0 aromatic heterocycles. The van der Waals surface area contributed by atoms with Crippen LogP contribution >= 0.6 is 0 Å². The van der Waals surface area contributed by atoms with E-state index in [0.29, 0.717) is 13.1 Å². The number of hydrazone groups is 1. The number of nitrogens with zero attached hydrogens (tertiary/aromatic N) is 3. The zero-order valence-corrected chi connectivity index (χ0v) is 14.7. The number of rotatable bonds is 2. The number of piperidine rings is 1. The molecule has 2 aromatic rings. The van der Waals surface area contributed by atoms with E-state index in [9.17, 15) is 4.79 Å². The summed E-state index contributed by atoms with van der Waals surface area (Å²) in [4.78, 5) is 13.6. The van der Waals surface area contributed by atoms with Crippen molar-refractivity contribution < 1.29 is 4.79 Å². The van der Waals surface area contributed by atoms with Crippen molar-refractivity contribution in [3.05, 3.63) is 77.4 Å². The molecule has 0 radical (unpaired) electrons. The Morgan fingerprint density at radius 1 is 1.12 bits per heavy atom. The Morgan fingerprint density at radius 3 is 2.42 bits per heavy atom. The molecule has 1 fully saturated rings. The smallest absolute Gasteiger partial charge is 0.315 e. The van der Waals surface area contributed by atoms with Crippen LogP contribution in [0.3, 0.4) is 0 Å². The Labute approximate surface area is 153 Å². The van der Waals surface area contributed by atoms with Gasteiger partial charge in [-0.1, -0.05) is 60.7 Å². The van der Waals surface area contributed by atoms with E-state index in [1.165, 1.54) is 5.56 Å². The summed E-state index contributed by atoms with van der Waals surface area (Å²) in [6, 6.07) is 20.2. The molecule has 2 unspecified atom stereocenters. The average molecular weight is 346 g/mol. The van der Waals surface area contributed by atoms with Gasteiger partial charge in [-0.05, 0) is 22.8 Å². The first kappa shape index (κ1) is 16.4. The summed E-state index contributed by atoms with van der Waals surface area (Å²) in [7, 11) is 2.00. The van der Waals surface area contributed by atoms with Crippen LogP contribution in [-0.4, -0.2) is 41.8 Å². The van der Waals surface area contributed by atoms with Crippen LogP contribution in [-0.2, 0) is 0 Å². The standard InChI is InChI=1S/C21H22N4O/c1-24-20(16-10-6-3-7-11-16)18-14-25(21(22)26)13-17(19(18)23-24)12-15-8-4-2-5-9-15/h2-12,18,20H,13-14H2,1H3,(H2,22,26). The van der Waals surface area contributed by atoms with Gasteiger partial charge < -0.3 is 10.6 Å². The predicted molar refractivity (Wildman–Crippen MR) is 103 cm³/mol. The Morgan fingerprint density at radius 2 is 1.77 bits per heavy atom. The molecule has 4 rings (SSSR count). The van der Waals surface area contributed by atoms with Gasteiger partial charge in [0.1, 0.15) is 0 Å². The molecule has 0 spiro atoms. The molecule has 2 N–H and O–H groups in total. The van der Waals surface area contributed by atoms with Gasteiger partial charge in [-0.3, -0.25) is 5.01 Å². The lowest BCUT2D eigenvalue weighted by atomic mass is 9.83. The molecule has 2 aromatic carbocycles. The molecular weight excluding hydrogens is 324 g/mol. The van der Waals surface area contributed by atoms with Gasteiger partial charge in [-0.15, -0.1) is 0 Å². The van der Waals surface area contributed by atoms with Crippen molar-refractivity contribution in [1.82, 2.24) is 9.91 Å². The molecule has 0 bridgehead atoms. The van der Waals surface area contributed by atoms with Crippen LogP contribution in [0.1, 0.15) is 17.2 Å². The minimum absolute atomic E-state index is 0.104. The average Bonchev–Trinajstić information content (AvgIpc) is 2.99. The van der Waals surface area contributed by atoms with Crippen molar-refractivity contribution in [2.24, 2.45) is 16.8 Å². The first-order chi connectivity index (χ1) is 12.6. The Balaban J connectivity index is 1.74. The highest BCUT2D eigenvalue weighted by atomic mass is 16.2. The van der Waals surface area contributed by atoms with E-state index in [2.05, 4.69) is 30.3 Å². The van der Waals surface area contributed by atoms with E-state index < -0.39 is 0 Å². The van der Waals surface area contributed by atoms with Gasteiger partial charge in [0.2, 0.25) is 0 Å². The maximum Gasteiger partial charge on any atom is 0.315 e. The molecule has 26 heavy (non-hydrogen) atoms. The lowest BCUT2D eigenvalue weighted by Crippen LogP contribution is -2.48.